The monoisotopic (exact) mass is 267 g/mol. The number of nitro benzene ring substituents is 1. The molecular weight excluding hydrogens is 254 g/mol. The van der Waals surface area contributed by atoms with Gasteiger partial charge in [-0.15, -0.1) is 0 Å². The van der Waals surface area contributed by atoms with E-state index in [9.17, 15) is 10.1 Å². The first-order chi connectivity index (χ1) is 9.74. The van der Waals surface area contributed by atoms with Crippen molar-refractivity contribution < 1.29 is 4.92 Å². The van der Waals surface area contributed by atoms with Crippen LogP contribution in [-0.2, 0) is 13.0 Å². The van der Waals surface area contributed by atoms with E-state index >= 15 is 0 Å². The van der Waals surface area contributed by atoms with E-state index in [1.165, 1.54) is 11.6 Å². The highest BCUT2D eigenvalue weighted by atomic mass is 16.6. The van der Waals surface area contributed by atoms with E-state index in [0.29, 0.717) is 0 Å². The predicted octanol–water partition coefficient (Wildman–Crippen LogP) is 3.19. The van der Waals surface area contributed by atoms with Gasteiger partial charge in [-0.2, -0.15) is 0 Å². The number of aromatic nitrogens is 2. The highest BCUT2D eigenvalue weighted by Crippen LogP contribution is 2.20. The number of non-ortho nitro benzene ring substituents is 1. The van der Waals surface area contributed by atoms with Gasteiger partial charge >= 0.3 is 0 Å². The van der Waals surface area contributed by atoms with Crippen molar-refractivity contribution in [3.63, 3.8) is 0 Å². The number of benzene rings is 2. The van der Waals surface area contributed by atoms with Crippen LogP contribution in [-0.4, -0.2) is 14.5 Å². The summed E-state index contributed by atoms with van der Waals surface area (Å²) in [7, 11) is 0. The molecule has 0 aliphatic rings. The van der Waals surface area contributed by atoms with Gasteiger partial charge in [0.2, 0.25) is 0 Å². The van der Waals surface area contributed by atoms with Gasteiger partial charge in [0, 0.05) is 18.7 Å². The normalized spacial score (nSPS) is 10.8. The van der Waals surface area contributed by atoms with Crippen LogP contribution in [0, 0.1) is 10.1 Å². The number of hydrogen-bond donors (Lipinski definition) is 0. The van der Waals surface area contributed by atoms with Crippen molar-refractivity contribution >= 4 is 16.7 Å². The SMILES string of the molecule is O=[N+]([O-])c1ccc2ncn(CCc3ccccc3)c2c1. The average molecular weight is 267 g/mol. The first-order valence-corrected chi connectivity index (χ1v) is 6.37. The summed E-state index contributed by atoms with van der Waals surface area (Å²) in [6.45, 7) is 0.752. The Bertz CT molecular complexity index is 750. The van der Waals surface area contributed by atoms with E-state index in [-0.39, 0.29) is 10.6 Å². The highest BCUT2D eigenvalue weighted by Gasteiger charge is 2.10. The summed E-state index contributed by atoms with van der Waals surface area (Å²) < 4.78 is 1.95. The van der Waals surface area contributed by atoms with E-state index in [1.807, 2.05) is 22.8 Å². The minimum Gasteiger partial charge on any atom is -0.330 e. The zero-order valence-corrected chi connectivity index (χ0v) is 10.8. The van der Waals surface area contributed by atoms with Gasteiger partial charge in [-0.1, -0.05) is 30.3 Å². The van der Waals surface area contributed by atoms with Crippen LogP contribution in [0.2, 0.25) is 0 Å². The highest BCUT2D eigenvalue weighted by molar-refractivity contribution is 5.78. The molecule has 0 N–H and O–H groups in total. The molecule has 0 unspecified atom stereocenters. The fourth-order valence-electron chi connectivity index (χ4n) is 2.23. The van der Waals surface area contributed by atoms with Crippen molar-refractivity contribution in [3.05, 3.63) is 70.5 Å². The number of imidazole rings is 1. The van der Waals surface area contributed by atoms with Crippen LogP contribution in [0.5, 0.6) is 0 Å². The van der Waals surface area contributed by atoms with E-state index < -0.39 is 0 Å². The second-order valence-electron chi connectivity index (χ2n) is 4.60. The second kappa shape index (κ2) is 5.13. The molecule has 0 spiro atoms. The Morgan fingerprint density at radius 2 is 1.95 bits per heavy atom. The summed E-state index contributed by atoms with van der Waals surface area (Å²) in [5.74, 6) is 0. The first-order valence-electron chi connectivity index (χ1n) is 6.37. The van der Waals surface area contributed by atoms with E-state index in [0.717, 1.165) is 24.0 Å². The Hall–Kier alpha value is -2.69. The lowest BCUT2D eigenvalue weighted by Crippen LogP contribution is -2.00. The van der Waals surface area contributed by atoms with Gasteiger partial charge in [0.05, 0.1) is 22.3 Å². The van der Waals surface area contributed by atoms with Crippen LogP contribution in [0.15, 0.2) is 54.9 Å². The maximum Gasteiger partial charge on any atom is 0.271 e. The number of nitrogens with zero attached hydrogens (tertiary/aromatic N) is 3. The van der Waals surface area contributed by atoms with Gasteiger partial charge < -0.3 is 4.57 Å². The Morgan fingerprint density at radius 3 is 2.70 bits per heavy atom. The Labute approximate surface area is 115 Å². The van der Waals surface area contributed by atoms with Crippen LogP contribution in [0.4, 0.5) is 5.69 Å². The van der Waals surface area contributed by atoms with Crippen LogP contribution in [0.25, 0.3) is 11.0 Å². The lowest BCUT2D eigenvalue weighted by molar-refractivity contribution is -0.384. The molecule has 5 nitrogen and oxygen atoms in total. The van der Waals surface area contributed by atoms with Crippen LogP contribution >= 0.6 is 0 Å². The van der Waals surface area contributed by atoms with Crippen LogP contribution in [0.1, 0.15) is 5.56 Å². The van der Waals surface area contributed by atoms with Gasteiger partial charge in [-0.05, 0) is 18.1 Å². The molecule has 2 aromatic carbocycles. The van der Waals surface area contributed by atoms with Crippen molar-refractivity contribution in [1.29, 1.82) is 0 Å². The second-order valence-corrected chi connectivity index (χ2v) is 4.60. The minimum atomic E-state index is -0.381. The van der Waals surface area contributed by atoms with Gasteiger partial charge in [-0.3, -0.25) is 10.1 Å². The molecule has 0 amide bonds. The third-order valence-corrected chi connectivity index (χ3v) is 3.30. The van der Waals surface area contributed by atoms with Gasteiger partial charge in [0.15, 0.2) is 0 Å². The number of hydrogen-bond acceptors (Lipinski definition) is 3. The maximum atomic E-state index is 10.8. The summed E-state index contributed by atoms with van der Waals surface area (Å²) in [5.41, 5.74) is 2.91. The largest absolute Gasteiger partial charge is 0.330 e. The topological polar surface area (TPSA) is 61.0 Å². The first kappa shape index (κ1) is 12.3. The van der Waals surface area contributed by atoms with Crippen molar-refractivity contribution in [1.82, 2.24) is 9.55 Å². The fourth-order valence-corrected chi connectivity index (χ4v) is 2.23. The summed E-state index contributed by atoms with van der Waals surface area (Å²) >= 11 is 0. The van der Waals surface area contributed by atoms with Crippen molar-refractivity contribution in [2.24, 2.45) is 0 Å². The molecule has 3 rings (SSSR count). The van der Waals surface area contributed by atoms with E-state index in [2.05, 4.69) is 17.1 Å². The van der Waals surface area contributed by atoms with Gasteiger partial charge in [-0.25, -0.2) is 4.98 Å². The Morgan fingerprint density at radius 1 is 1.15 bits per heavy atom. The Balaban J connectivity index is 1.88. The van der Waals surface area contributed by atoms with E-state index in [4.69, 9.17) is 0 Å². The summed E-state index contributed by atoms with van der Waals surface area (Å²) in [6, 6.07) is 14.9. The molecule has 5 heteroatoms. The molecule has 0 aliphatic carbocycles. The van der Waals surface area contributed by atoms with Crippen LogP contribution < -0.4 is 0 Å². The number of rotatable bonds is 4. The standard InChI is InChI=1S/C15H13N3O2/c19-18(20)13-6-7-14-15(10-13)17(11-16-14)9-8-12-4-2-1-3-5-12/h1-7,10-11H,8-9H2. The molecule has 0 bridgehead atoms. The Kier molecular flexibility index (Phi) is 3.16. The smallest absolute Gasteiger partial charge is 0.271 e. The summed E-state index contributed by atoms with van der Waals surface area (Å²) in [6.07, 6.45) is 2.60. The number of aryl methyl sites for hydroxylation is 2. The lowest BCUT2D eigenvalue weighted by Gasteiger charge is -2.04. The molecule has 100 valence electrons. The number of fused-ring (bicyclic) bond motifs is 1. The lowest BCUT2D eigenvalue weighted by atomic mass is 10.1. The van der Waals surface area contributed by atoms with Gasteiger partial charge in [0.1, 0.15) is 0 Å². The predicted molar refractivity (Wildman–Crippen MR) is 76.5 cm³/mol. The molecule has 1 heterocycles. The summed E-state index contributed by atoms with van der Waals surface area (Å²) in [4.78, 5) is 14.7. The third kappa shape index (κ3) is 2.38. The molecule has 0 atom stereocenters. The minimum absolute atomic E-state index is 0.0963. The molecule has 1 aromatic heterocycles. The number of nitro groups is 1. The fraction of sp³-hybridized carbons (Fsp3) is 0.133. The molecule has 3 aromatic rings. The quantitative estimate of drug-likeness (QED) is 0.538. The molecule has 0 saturated carbocycles. The third-order valence-electron chi connectivity index (χ3n) is 3.30. The maximum absolute atomic E-state index is 10.8. The summed E-state index contributed by atoms with van der Waals surface area (Å²) in [5, 5.41) is 10.8. The molecule has 0 radical (unpaired) electrons. The van der Waals surface area contributed by atoms with Crippen molar-refractivity contribution in [3.8, 4) is 0 Å². The zero-order valence-electron chi connectivity index (χ0n) is 10.8. The van der Waals surface area contributed by atoms with Crippen molar-refractivity contribution in [2.45, 2.75) is 13.0 Å². The molecule has 0 fully saturated rings. The van der Waals surface area contributed by atoms with Gasteiger partial charge in [0.25, 0.3) is 5.69 Å². The van der Waals surface area contributed by atoms with Crippen molar-refractivity contribution in [2.75, 3.05) is 0 Å². The average Bonchev–Trinajstić information content (AvgIpc) is 2.88. The molecular formula is C15H13N3O2. The zero-order chi connectivity index (χ0) is 13.9. The molecule has 0 saturated heterocycles. The molecule has 20 heavy (non-hydrogen) atoms. The van der Waals surface area contributed by atoms with Crippen LogP contribution in [0.3, 0.4) is 0 Å². The van der Waals surface area contributed by atoms with E-state index in [1.54, 1.807) is 18.5 Å². The molecule has 0 aliphatic heterocycles.